The summed E-state index contributed by atoms with van der Waals surface area (Å²) in [6, 6.07) is 6.91. The molecule has 3 rings (SSSR count). The van der Waals surface area contributed by atoms with Crippen molar-refractivity contribution in [2.45, 2.75) is 18.9 Å². The van der Waals surface area contributed by atoms with Crippen LogP contribution in [0.5, 0.6) is 0 Å². The van der Waals surface area contributed by atoms with Crippen molar-refractivity contribution in [3.05, 3.63) is 45.5 Å². The molecule has 1 aliphatic heterocycles. The van der Waals surface area contributed by atoms with Crippen LogP contribution in [-0.2, 0) is 0 Å². The first-order chi connectivity index (χ1) is 9.24. The molecule has 0 spiro atoms. The molecule has 6 heteroatoms. The summed E-state index contributed by atoms with van der Waals surface area (Å²) >= 11 is 1.58. The van der Waals surface area contributed by atoms with Crippen molar-refractivity contribution in [3.63, 3.8) is 0 Å². The number of nitro benzene ring substituents is 1. The average Bonchev–Trinajstić information content (AvgIpc) is 3.10. The van der Waals surface area contributed by atoms with Gasteiger partial charge in [0.05, 0.1) is 16.7 Å². The Bertz CT molecular complexity index is 588. The minimum absolute atomic E-state index is 0.109. The van der Waals surface area contributed by atoms with Crippen LogP contribution in [0.15, 0.2) is 29.6 Å². The van der Waals surface area contributed by atoms with E-state index in [1.807, 2.05) is 0 Å². The molecule has 5 nitrogen and oxygen atoms in total. The molecule has 1 aromatic heterocycles. The maximum atomic E-state index is 10.6. The van der Waals surface area contributed by atoms with Crippen LogP contribution in [0.1, 0.15) is 24.6 Å². The molecule has 0 amide bonds. The third-order valence-corrected chi connectivity index (χ3v) is 4.17. The second-order valence-corrected chi connectivity index (χ2v) is 5.39. The fourth-order valence-electron chi connectivity index (χ4n) is 2.24. The van der Waals surface area contributed by atoms with Crippen LogP contribution in [0.4, 0.5) is 5.69 Å². The van der Waals surface area contributed by atoms with Crippen molar-refractivity contribution in [3.8, 4) is 10.6 Å². The van der Waals surface area contributed by atoms with Crippen molar-refractivity contribution in [1.29, 1.82) is 0 Å². The number of benzene rings is 1. The van der Waals surface area contributed by atoms with E-state index in [-0.39, 0.29) is 10.6 Å². The van der Waals surface area contributed by atoms with E-state index in [2.05, 4.69) is 15.7 Å². The van der Waals surface area contributed by atoms with Gasteiger partial charge in [0.2, 0.25) is 0 Å². The molecule has 0 aliphatic carbocycles. The van der Waals surface area contributed by atoms with Gasteiger partial charge in [-0.15, -0.1) is 11.3 Å². The van der Waals surface area contributed by atoms with E-state index >= 15 is 0 Å². The lowest BCUT2D eigenvalue weighted by molar-refractivity contribution is -0.384. The summed E-state index contributed by atoms with van der Waals surface area (Å²) in [7, 11) is 0. The maximum Gasteiger partial charge on any atom is 0.269 e. The lowest BCUT2D eigenvalue weighted by Crippen LogP contribution is -2.12. The Morgan fingerprint density at radius 1 is 1.37 bits per heavy atom. The normalized spacial score (nSPS) is 18.6. The van der Waals surface area contributed by atoms with Gasteiger partial charge in [0.25, 0.3) is 5.69 Å². The Hall–Kier alpha value is -1.79. The molecule has 98 valence electrons. The van der Waals surface area contributed by atoms with Gasteiger partial charge in [-0.1, -0.05) is 0 Å². The molecule has 1 atom stereocenters. The van der Waals surface area contributed by atoms with Gasteiger partial charge >= 0.3 is 0 Å². The van der Waals surface area contributed by atoms with Gasteiger partial charge in [0, 0.05) is 23.1 Å². The average molecular weight is 275 g/mol. The van der Waals surface area contributed by atoms with Gasteiger partial charge in [-0.05, 0) is 31.5 Å². The topological polar surface area (TPSA) is 68.1 Å². The summed E-state index contributed by atoms with van der Waals surface area (Å²) in [4.78, 5) is 14.8. The number of thiazole rings is 1. The van der Waals surface area contributed by atoms with Crippen molar-refractivity contribution in [2.24, 2.45) is 0 Å². The van der Waals surface area contributed by atoms with E-state index < -0.39 is 0 Å². The summed E-state index contributed by atoms with van der Waals surface area (Å²) in [5.41, 5.74) is 2.12. The Labute approximate surface area is 114 Å². The van der Waals surface area contributed by atoms with Gasteiger partial charge in [-0.3, -0.25) is 10.1 Å². The highest BCUT2D eigenvalue weighted by atomic mass is 32.1. The van der Waals surface area contributed by atoms with Crippen LogP contribution in [0.3, 0.4) is 0 Å². The maximum absolute atomic E-state index is 10.6. The van der Waals surface area contributed by atoms with Crippen LogP contribution in [-0.4, -0.2) is 16.5 Å². The summed E-state index contributed by atoms with van der Waals surface area (Å²) in [5.74, 6) is 0. The Morgan fingerprint density at radius 2 is 2.16 bits per heavy atom. The Balaban J connectivity index is 1.83. The van der Waals surface area contributed by atoms with Crippen molar-refractivity contribution >= 4 is 17.0 Å². The van der Waals surface area contributed by atoms with E-state index in [1.165, 1.54) is 18.6 Å². The summed E-state index contributed by atoms with van der Waals surface area (Å²) < 4.78 is 0. The molecule has 1 aliphatic rings. The number of hydrogen-bond donors (Lipinski definition) is 1. The van der Waals surface area contributed by atoms with E-state index in [1.54, 1.807) is 23.5 Å². The summed E-state index contributed by atoms with van der Waals surface area (Å²) in [5, 5.41) is 17.0. The third kappa shape index (κ3) is 2.50. The molecule has 0 radical (unpaired) electrons. The standard InChI is InChI=1S/C13H13N3O2S/c17-16(18)10-5-3-9(4-6-10)13-15-12(8-19-13)11-2-1-7-14-11/h3-6,8,11,14H,1-2,7H2/t11-/m0/s1. The predicted molar refractivity (Wildman–Crippen MR) is 74.2 cm³/mol. The number of non-ortho nitro benzene ring substituents is 1. The van der Waals surface area contributed by atoms with Gasteiger partial charge < -0.3 is 5.32 Å². The number of nitro groups is 1. The lowest BCUT2D eigenvalue weighted by atomic mass is 10.2. The van der Waals surface area contributed by atoms with Gasteiger partial charge in [0.15, 0.2) is 0 Å². The Morgan fingerprint density at radius 3 is 2.79 bits per heavy atom. The van der Waals surface area contributed by atoms with Crippen LogP contribution in [0.2, 0.25) is 0 Å². The first kappa shape index (κ1) is 12.3. The molecule has 0 bridgehead atoms. The SMILES string of the molecule is O=[N+]([O-])c1ccc(-c2nc([C@@H]3CCCN3)cs2)cc1. The Kier molecular flexibility index (Phi) is 3.27. The molecular formula is C13H13N3O2S. The minimum Gasteiger partial charge on any atom is -0.309 e. The minimum atomic E-state index is -0.389. The third-order valence-electron chi connectivity index (χ3n) is 3.26. The zero-order chi connectivity index (χ0) is 13.2. The van der Waals surface area contributed by atoms with Gasteiger partial charge in [-0.25, -0.2) is 4.98 Å². The smallest absolute Gasteiger partial charge is 0.269 e. The first-order valence-electron chi connectivity index (χ1n) is 6.17. The zero-order valence-corrected chi connectivity index (χ0v) is 11.0. The van der Waals surface area contributed by atoms with Crippen LogP contribution < -0.4 is 5.32 Å². The second kappa shape index (κ2) is 5.07. The van der Waals surface area contributed by atoms with E-state index in [0.717, 1.165) is 29.2 Å². The molecule has 1 N–H and O–H groups in total. The van der Waals surface area contributed by atoms with Crippen LogP contribution in [0, 0.1) is 10.1 Å². The van der Waals surface area contributed by atoms with E-state index in [9.17, 15) is 10.1 Å². The van der Waals surface area contributed by atoms with Crippen molar-refractivity contribution < 1.29 is 4.92 Å². The number of aromatic nitrogens is 1. The number of rotatable bonds is 3. The van der Waals surface area contributed by atoms with Gasteiger partial charge in [0.1, 0.15) is 5.01 Å². The highest BCUT2D eigenvalue weighted by Crippen LogP contribution is 2.30. The molecule has 1 fully saturated rings. The predicted octanol–water partition coefficient (Wildman–Crippen LogP) is 3.14. The fourth-order valence-corrected chi connectivity index (χ4v) is 3.12. The largest absolute Gasteiger partial charge is 0.309 e. The second-order valence-electron chi connectivity index (χ2n) is 4.53. The monoisotopic (exact) mass is 275 g/mol. The fraction of sp³-hybridized carbons (Fsp3) is 0.308. The van der Waals surface area contributed by atoms with Gasteiger partial charge in [-0.2, -0.15) is 0 Å². The molecule has 1 saturated heterocycles. The number of nitrogens with one attached hydrogen (secondary N) is 1. The number of hydrogen-bond acceptors (Lipinski definition) is 5. The molecular weight excluding hydrogens is 262 g/mol. The highest BCUT2D eigenvalue weighted by molar-refractivity contribution is 7.13. The quantitative estimate of drug-likeness (QED) is 0.690. The molecule has 0 unspecified atom stereocenters. The lowest BCUT2D eigenvalue weighted by Gasteiger charge is -2.04. The molecule has 1 aromatic carbocycles. The highest BCUT2D eigenvalue weighted by Gasteiger charge is 2.19. The summed E-state index contributed by atoms with van der Waals surface area (Å²) in [6.07, 6.45) is 2.32. The van der Waals surface area contributed by atoms with Crippen LogP contribution >= 0.6 is 11.3 Å². The summed E-state index contributed by atoms with van der Waals surface area (Å²) in [6.45, 7) is 1.05. The number of nitrogens with zero attached hydrogens (tertiary/aromatic N) is 2. The zero-order valence-electron chi connectivity index (χ0n) is 10.2. The molecule has 0 saturated carbocycles. The molecule has 2 aromatic rings. The van der Waals surface area contributed by atoms with Crippen molar-refractivity contribution in [2.75, 3.05) is 6.54 Å². The van der Waals surface area contributed by atoms with E-state index in [4.69, 9.17) is 0 Å². The first-order valence-corrected chi connectivity index (χ1v) is 7.05. The molecule has 2 heterocycles. The van der Waals surface area contributed by atoms with Crippen molar-refractivity contribution in [1.82, 2.24) is 10.3 Å². The van der Waals surface area contributed by atoms with E-state index in [0.29, 0.717) is 6.04 Å². The van der Waals surface area contributed by atoms with Crippen LogP contribution in [0.25, 0.3) is 10.6 Å². The molecule has 19 heavy (non-hydrogen) atoms.